The van der Waals surface area contributed by atoms with Gasteiger partial charge in [0.1, 0.15) is 0 Å². The molecule has 2 rings (SSSR count). The van der Waals surface area contributed by atoms with E-state index in [1.54, 1.807) is 24.0 Å². The van der Waals surface area contributed by atoms with Crippen molar-refractivity contribution in [2.45, 2.75) is 30.9 Å². The van der Waals surface area contributed by atoms with Crippen LogP contribution < -0.4 is 0 Å². The maximum absolute atomic E-state index is 12.4. The van der Waals surface area contributed by atoms with Crippen LogP contribution in [0.5, 0.6) is 0 Å². The van der Waals surface area contributed by atoms with E-state index in [1.165, 1.54) is 11.3 Å². The molecule has 21 heavy (non-hydrogen) atoms. The van der Waals surface area contributed by atoms with Crippen molar-refractivity contribution in [3.8, 4) is 0 Å². The van der Waals surface area contributed by atoms with Gasteiger partial charge in [-0.1, -0.05) is 13.8 Å². The van der Waals surface area contributed by atoms with Gasteiger partial charge in [-0.05, 0) is 23.7 Å². The largest absolute Gasteiger partial charge is 0.383 e. The van der Waals surface area contributed by atoms with Gasteiger partial charge in [0.25, 0.3) is 0 Å². The van der Waals surface area contributed by atoms with E-state index in [1.807, 2.05) is 25.3 Å². The average Bonchev–Trinajstić information content (AvgIpc) is 2.73. The fraction of sp³-hybridized carbons (Fsp3) is 0.500. The highest BCUT2D eigenvalue weighted by Gasteiger charge is 2.36. The molecule has 1 aliphatic rings. The molecule has 0 atom stereocenters. The summed E-state index contributed by atoms with van der Waals surface area (Å²) < 4.78 is 0.979. The van der Waals surface area contributed by atoms with Crippen LogP contribution in [-0.2, 0) is 6.42 Å². The fourth-order valence-corrected chi connectivity index (χ4v) is 4.61. The predicted octanol–water partition coefficient (Wildman–Crippen LogP) is 3.88. The highest BCUT2D eigenvalue weighted by molar-refractivity contribution is 8.00. The van der Waals surface area contributed by atoms with E-state index in [4.69, 9.17) is 0 Å². The molecule has 114 valence electrons. The molecule has 0 N–H and O–H groups in total. The van der Waals surface area contributed by atoms with Crippen molar-refractivity contribution < 1.29 is 9.59 Å². The van der Waals surface area contributed by atoms with Gasteiger partial charge in [0, 0.05) is 38.4 Å². The summed E-state index contributed by atoms with van der Waals surface area (Å²) in [5.74, 6) is 0.174. The molecule has 0 saturated heterocycles. The quantitative estimate of drug-likeness (QED) is 0.479. The normalized spacial score (nSPS) is 17.1. The lowest BCUT2D eigenvalue weighted by Crippen LogP contribution is -2.27. The van der Waals surface area contributed by atoms with E-state index >= 15 is 0 Å². The first-order valence-electron chi connectivity index (χ1n) is 6.87. The number of thioether (sulfide) groups is 1. The van der Waals surface area contributed by atoms with Crippen molar-refractivity contribution in [3.05, 3.63) is 28.3 Å². The lowest BCUT2D eigenvalue weighted by atomic mass is 9.74. The number of hydrogen-bond donors (Lipinski definition) is 0. The molecule has 5 heteroatoms. The van der Waals surface area contributed by atoms with Crippen molar-refractivity contribution in [1.82, 2.24) is 4.90 Å². The standard InChI is InChI=1S/C16H21NO2S2/c1-16(2)8-10-13(12(19)9-16)15(20-5)21-14(10)11(18)6-7-17(3)4/h6-7H,8-9H2,1-5H3/b7-6+. The Morgan fingerprint density at radius 2 is 2.00 bits per heavy atom. The van der Waals surface area contributed by atoms with Crippen molar-refractivity contribution in [3.63, 3.8) is 0 Å². The monoisotopic (exact) mass is 323 g/mol. The second-order valence-corrected chi connectivity index (χ2v) is 8.46. The minimum Gasteiger partial charge on any atom is -0.383 e. The molecular weight excluding hydrogens is 302 g/mol. The van der Waals surface area contributed by atoms with Gasteiger partial charge >= 0.3 is 0 Å². The molecule has 1 heterocycles. The number of carbonyl (C=O) groups is 2. The van der Waals surface area contributed by atoms with Gasteiger partial charge in [-0.3, -0.25) is 9.59 Å². The van der Waals surface area contributed by atoms with Crippen LogP contribution in [0.3, 0.4) is 0 Å². The first kappa shape index (κ1) is 16.3. The minimum absolute atomic E-state index is 0.00394. The van der Waals surface area contributed by atoms with Crippen LogP contribution >= 0.6 is 23.1 Å². The van der Waals surface area contributed by atoms with Crippen LogP contribution in [0, 0.1) is 5.41 Å². The molecule has 0 spiro atoms. The highest BCUT2D eigenvalue weighted by Crippen LogP contribution is 2.44. The zero-order chi connectivity index (χ0) is 15.8. The second kappa shape index (κ2) is 5.97. The summed E-state index contributed by atoms with van der Waals surface area (Å²) in [6, 6.07) is 0. The Kier molecular flexibility index (Phi) is 4.63. The van der Waals surface area contributed by atoms with Gasteiger partial charge < -0.3 is 4.90 Å². The predicted molar refractivity (Wildman–Crippen MR) is 89.7 cm³/mol. The van der Waals surface area contributed by atoms with E-state index < -0.39 is 0 Å². The summed E-state index contributed by atoms with van der Waals surface area (Å²) in [5.41, 5.74) is 1.69. The van der Waals surface area contributed by atoms with Gasteiger partial charge in [-0.2, -0.15) is 0 Å². The molecule has 3 nitrogen and oxygen atoms in total. The molecule has 0 unspecified atom stereocenters. The number of allylic oxidation sites excluding steroid dienone is 1. The fourth-order valence-electron chi connectivity index (χ4n) is 2.59. The molecule has 0 bridgehead atoms. The van der Waals surface area contributed by atoms with Gasteiger partial charge in [0.2, 0.25) is 0 Å². The number of rotatable bonds is 4. The second-order valence-electron chi connectivity index (χ2n) is 6.36. The van der Waals surface area contributed by atoms with E-state index in [-0.39, 0.29) is 17.0 Å². The third-order valence-corrected chi connectivity index (χ3v) is 5.85. The van der Waals surface area contributed by atoms with E-state index in [9.17, 15) is 9.59 Å². The Labute approximate surface area is 134 Å². The molecule has 0 aromatic carbocycles. The highest BCUT2D eigenvalue weighted by atomic mass is 32.2. The molecule has 0 aliphatic heterocycles. The Morgan fingerprint density at radius 1 is 1.33 bits per heavy atom. The third-order valence-electron chi connectivity index (χ3n) is 3.48. The van der Waals surface area contributed by atoms with Gasteiger partial charge in [0.15, 0.2) is 11.6 Å². The Morgan fingerprint density at radius 3 is 2.57 bits per heavy atom. The van der Waals surface area contributed by atoms with Crippen molar-refractivity contribution in [2.24, 2.45) is 5.41 Å². The molecule has 1 aromatic rings. The Balaban J connectivity index is 2.49. The van der Waals surface area contributed by atoms with Gasteiger partial charge in [0.05, 0.1) is 9.09 Å². The van der Waals surface area contributed by atoms with Crippen LogP contribution in [0.4, 0.5) is 0 Å². The van der Waals surface area contributed by atoms with Crippen LogP contribution in [-0.4, -0.2) is 36.8 Å². The van der Waals surface area contributed by atoms with Crippen molar-refractivity contribution in [2.75, 3.05) is 20.4 Å². The summed E-state index contributed by atoms with van der Waals surface area (Å²) in [4.78, 5) is 27.4. The zero-order valence-corrected chi connectivity index (χ0v) is 14.8. The van der Waals surface area contributed by atoms with Crippen molar-refractivity contribution >= 4 is 34.7 Å². The average molecular weight is 323 g/mol. The van der Waals surface area contributed by atoms with Gasteiger partial charge in [-0.25, -0.2) is 0 Å². The molecule has 1 aromatic heterocycles. The smallest absolute Gasteiger partial charge is 0.197 e. The molecule has 0 radical (unpaired) electrons. The molecule has 1 aliphatic carbocycles. The SMILES string of the molecule is CSc1sc(C(=O)/C=C/N(C)C)c2c1C(=O)CC(C)(C)C2. The summed E-state index contributed by atoms with van der Waals surface area (Å²) >= 11 is 3.02. The van der Waals surface area contributed by atoms with E-state index in [2.05, 4.69) is 13.8 Å². The molecule has 0 fully saturated rings. The first-order valence-corrected chi connectivity index (χ1v) is 8.91. The van der Waals surface area contributed by atoms with Crippen molar-refractivity contribution in [1.29, 1.82) is 0 Å². The topological polar surface area (TPSA) is 37.4 Å². The van der Waals surface area contributed by atoms with Gasteiger partial charge in [-0.15, -0.1) is 23.1 Å². The first-order chi connectivity index (χ1) is 9.75. The Hall–Kier alpha value is -1.07. The number of Topliss-reactive ketones (excluding diaryl/α,β-unsaturated/α-hetero) is 1. The lowest BCUT2D eigenvalue weighted by Gasteiger charge is -2.29. The number of carbonyl (C=O) groups excluding carboxylic acids is 2. The number of hydrogen-bond acceptors (Lipinski definition) is 5. The lowest BCUT2D eigenvalue weighted by molar-refractivity contribution is 0.0910. The molecular formula is C16H21NO2S2. The molecule has 0 saturated carbocycles. The Bertz CT molecular complexity index is 612. The summed E-state index contributed by atoms with van der Waals surface area (Å²) in [5, 5.41) is 0. The number of thiophene rings is 1. The van der Waals surface area contributed by atoms with Crippen LogP contribution in [0.15, 0.2) is 16.5 Å². The molecule has 0 amide bonds. The van der Waals surface area contributed by atoms with E-state index in [0.717, 1.165) is 26.6 Å². The third kappa shape index (κ3) is 3.40. The number of ketones is 2. The van der Waals surface area contributed by atoms with Crippen LogP contribution in [0.1, 0.15) is 45.9 Å². The summed E-state index contributed by atoms with van der Waals surface area (Å²) in [6.45, 7) is 4.18. The minimum atomic E-state index is -0.0683. The van der Waals surface area contributed by atoms with E-state index in [0.29, 0.717) is 6.42 Å². The number of nitrogens with zero attached hydrogens (tertiary/aromatic N) is 1. The summed E-state index contributed by atoms with van der Waals surface area (Å²) in [7, 11) is 3.77. The summed E-state index contributed by atoms with van der Waals surface area (Å²) in [6.07, 6.45) is 6.65. The number of fused-ring (bicyclic) bond motifs is 1. The van der Waals surface area contributed by atoms with Crippen LogP contribution in [0.2, 0.25) is 0 Å². The zero-order valence-electron chi connectivity index (χ0n) is 13.1. The maximum atomic E-state index is 12.4. The van der Waals surface area contributed by atoms with Crippen LogP contribution in [0.25, 0.3) is 0 Å². The maximum Gasteiger partial charge on any atom is 0.197 e.